The quantitative estimate of drug-likeness (QED) is 0.319. The molecule has 2 aliphatic heterocycles. The van der Waals surface area contributed by atoms with Gasteiger partial charge in [0.05, 0.1) is 49.3 Å². The number of hydrogen-bond acceptors (Lipinski definition) is 11. The zero-order valence-electron chi connectivity index (χ0n) is 26.8. The van der Waals surface area contributed by atoms with E-state index >= 15 is 0 Å². The van der Waals surface area contributed by atoms with E-state index in [4.69, 9.17) is 18.9 Å². The van der Waals surface area contributed by atoms with Crippen LogP contribution in [-0.2, 0) is 22.2 Å². The van der Waals surface area contributed by atoms with Crippen LogP contribution in [0, 0.1) is 11.8 Å². The minimum absolute atomic E-state index is 0.0222. The Kier molecular flexibility index (Phi) is 10.8. The number of halogens is 3. The molecule has 3 aromatic heterocycles. The van der Waals surface area contributed by atoms with Gasteiger partial charge in [0.2, 0.25) is 0 Å². The third-order valence-corrected chi connectivity index (χ3v) is 7.83. The van der Waals surface area contributed by atoms with Crippen molar-refractivity contribution >= 4 is 22.6 Å². The average Bonchev–Trinajstić information content (AvgIpc) is 3.08. The third-order valence-electron chi connectivity index (χ3n) is 7.83. The Morgan fingerprint density at radius 2 is 1.55 bits per heavy atom. The molecule has 2 aliphatic rings. The molecule has 0 atom stereocenters. The molecule has 0 unspecified atom stereocenters. The summed E-state index contributed by atoms with van der Waals surface area (Å²) in [6.45, 7) is 5.14. The lowest BCUT2D eigenvalue weighted by atomic mass is 10.0. The summed E-state index contributed by atoms with van der Waals surface area (Å²) in [6.07, 6.45) is 1.26. The number of nitrogens with one attached hydrogen (secondary N) is 1. The van der Waals surface area contributed by atoms with Gasteiger partial charge in [0, 0.05) is 62.6 Å². The topological polar surface area (TPSA) is 124 Å². The monoisotopic (exact) mass is 677 g/mol. The van der Waals surface area contributed by atoms with Crippen LogP contribution in [0.2, 0.25) is 0 Å². The van der Waals surface area contributed by atoms with Gasteiger partial charge in [0.15, 0.2) is 0 Å². The minimum atomic E-state index is -4.58. The predicted molar refractivity (Wildman–Crippen MR) is 172 cm³/mol. The van der Waals surface area contributed by atoms with Gasteiger partial charge in [-0.2, -0.15) is 13.2 Å². The maximum absolute atomic E-state index is 14.1. The molecule has 15 heteroatoms. The van der Waals surface area contributed by atoms with Crippen molar-refractivity contribution in [2.24, 2.45) is 0 Å². The number of pyridine rings is 2. The minimum Gasteiger partial charge on any atom is -0.471 e. The molecule has 1 amide bonds. The van der Waals surface area contributed by atoms with E-state index in [1.165, 1.54) is 43.0 Å². The summed E-state index contributed by atoms with van der Waals surface area (Å²) in [5, 5.41) is 2.57. The molecule has 0 radical (unpaired) electrons. The van der Waals surface area contributed by atoms with Gasteiger partial charge in [-0.1, -0.05) is 17.9 Å². The van der Waals surface area contributed by atoms with Crippen molar-refractivity contribution in [3.8, 4) is 23.6 Å². The van der Waals surface area contributed by atoms with Crippen LogP contribution in [0.1, 0.15) is 32.6 Å². The van der Waals surface area contributed by atoms with Gasteiger partial charge >= 0.3 is 6.18 Å². The first kappa shape index (κ1) is 34.0. The number of nitrogens with zero attached hydrogens (tertiary/aromatic N) is 6. The third kappa shape index (κ3) is 8.98. The number of carbonyl (C=O) groups excluding carboxylic acids is 1. The van der Waals surface area contributed by atoms with E-state index in [2.05, 4.69) is 42.0 Å². The molecular formula is C34H34F3N7O5. The zero-order chi connectivity index (χ0) is 34.2. The van der Waals surface area contributed by atoms with Crippen molar-refractivity contribution in [2.75, 3.05) is 78.2 Å². The standard InChI is InChI=1S/C34H34F3N7O5/c1-43-6-8-44(9-7-43)22-25-4-5-27(17-28(25)34(35,36)37)40-31(45)26-16-23(18-38-20-26)2-3-24-19-39-21-29-30(24)42-33-32(41-29)48-14-12-46-10-11-47-13-15-49-33/h4-5,16-21H,6-15,22H2,1H3,(H,40,45). The fraction of sp³-hybridized carbons (Fsp3) is 0.382. The van der Waals surface area contributed by atoms with Crippen LogP contribution in [-0.4, -0.2) is 109 Å². The van der Waals surface area contributed by atoms with Crippen molar-refractivity contribution in [2.45, 2.75) is 12.7 Å². The number of piperazine rings is 1. The molecule has 4 aromatic rings. The lowest BCUT2D eigenvalue weighted by molar-refractivity contribution is -0.138. The molecule has 0 saturated carbocycles. The maximum atomic E-state index is 14.1. The fourth-order valence-corrected chi connectivity index (χ4v) is 5.22. The van der Waals surface area contributed by atoms with Crippen molar-refractivity contribution in [3.05, 3.63) is 76.9 Å². The van der Waals surface area contributed by atoms with E-state index in [9.17, 15) is 18.0 Å². The SMILES string of the molecule is CN1CCN(Cc2ccc(NC(=O)c3cncc(C#Cc4cncc5nc6c(nc45)OCCOCCOCCO6)c3)cc2C(F)(F)F)CC1. The van der Waals surface area contributed by atoms with E-state index in [1.807, 2.05) is 11.9 Å². The van der Waals surface area contributed by atoms with Crippen LogP contribution in [0.3, 0.4) is 0 Å². The van der Waals surface area contributed by atoms with Crippen molar-refractivity contribution < 1.29 is 36.9 Å². The summed E-state index contributed by atoms with van der Waals surface area (Å²) in [5.74, 6) is 5.70. The van der Waals surface area contributed by atoms with Crippen LogP contribution < -0.4 is 14.8 Å². The molecule has 1 saturated heterocycles. The van der Waals surface area contributed by atoms with E-state index < -0.39 is 17.6 Å². The average molecular weight is 678 g/mol. The van der Waals surface area contributed by atoms with Crippen LogP contribution >= 0.6 is 0 Å². The molecule has 0 spiro atoms. The lowest BCUT2D eigenvalue weighted by Crippen LogP contribution is -2.44. The van der Waals surface area contributed by atoms with Crippen molar-refractivity contribution in [1.82, 2.24) is 29.7 Å². The summed E-state index contributed by atoms with van der Waals surface area (Å²) in [6, 6.07) is 5.37. The summed E-state index contributed by atoms with van der Waals surface area (Å²) < 4.78 is 64.6. The molecule has 1 N–H and O–H groups in total. The van der Waals surface area contributed by atoms with Crippen LogP contribution in [0.5, 0.6) is 11.8 Å². The van der Waals surface area contributed by atoms with Gasteiger partial charge < -0.3 is 29.2 Å². The Hall–Kier alpha value is -4.88. The number of hydrogen-bond donors (Lipinski definition) is 1. The van der Waals surface area contributed by atoms with E-state index in [1.54, 1.807) is 0 Å². The Morgan fingerprint density at radius 1 is 0.857 bits per heavy atom. The Bertz CT molecular complexity index is 1860. The number of rotatable bonds is 4. The number of aromatic nitrogens is 4. The number of carbonyl (C=O) groups is 1. The molecule has 0 bridgehead atoms. The highest BCUT2D eigenvalue weighted by Crippen LogP contribution is 2.35. The molecule has 6 rings (SSSR count). The summed E-state index contributed by atoms with van der Waals surface area (Å²) in [5.41, 5.74) is 1.20. The first-order valence-corrected chi connectivity index (χ1v) is 15.7. The molecule has 1 aromatic carbocycles. The molecule has 5 heterocycles. The van der Waals surface area contributed by atoms with Crippen molar-refractivity contribution in [3.63, 3.8) is 0 Å². The second kappa shape index (κ2) is 15.6. The fourth-order valence-electron chi connectivity index (χ4n) is 5.22. The number of amides is 1. The van der Waals surface area contributed by atoms with Crippen molar-refractivity contribution in [1.29, 1.82) is 0 Å². The highest BCUT2D eigenvalue weighted by Gasteiger charge is 2.34. The number of alkyl halides is 3. The Balaban J connectivity index is 1.19. The van der Waals surface area contributed by atoms with Crippen LogP contribution in [0.4, 0.5) is 18.9 Å². The number of fused-ring (bicyclic) bond motifs is 2. The van der Waals surface area contributed by atoms with Crippen LogP contribution in [0.25, 0.3) is 11.0 Å². The highest BCUT2D eigenvalue weighted by molar-refractivity contribution is 6.04. The van der Waals surface area contributed by atoms with Gasteiger partial charge in [0.25, 0.3) is 17.7 Å². The molecule has 12 nitrogen and oxygen atoms in total. The highest BCUT2D eigenvalue weighted by atomic mass is 19.4. The lowest BCUT2D eigenvalue weighted by Gasteiger charge is -2.33. The van der Waals surface area contributed by atoms with Crippen LogP contribution in [0.15, 0.2) is 49.1 Å². The zero-order valence-corrected chi connectivity index (χ0v) is 26.8. The van der Waals surface area contributed by atoms with E-state index in [-0.39, 0.29) is 48.3 Å². The Morgan fingerprint density at radius 3 is 2.29 bits per heavy atom. The maximum Gasteiger partial charge on any atom is 0.416 e. The smallest absolute Gasteiger partial charge is 0.416 e. The molecule has 0 aliphatic carbocycles. The Labute approximate surface area is 280 Å². The second-order valence-electron chi connectivity index (χ2n) is 11.4. The first-order chi connectivity index (χ1) is 23.7. The van der Waals surface area contributed by atoms with Gasteiger partial charge in [0.1, 0.15) is 24.2 Å². The van der Waals surface area contributed by atoms with Gasteiger partial charge in [-0.3, -0.25) is 19.7 Å². The second-order valence-corrected chi connectivity index (χ2v) is 11.4. The summed E-state index contributed by atoms with van der Waals surface area (Å²) in [4.78, 5) is 34.7. The summed E-state index contributed by atoms with van der Waals surface area (Å²) in [7, 11) is 1.99. The first-order valence-electron chi connectivity index (χ1n) is 15.7. The molecular weight excluding hydrogens is 643 g/mol. The molecule has 1 fully saturated rings. The van der Waals surface area contributed by atoms with E-state index in [0.717, 1.165) is 19.2 Å². The van der Waals surface area contributed by atoms with E-state index in [0.29, 0.717) is 61.7 Å². The number of benzene rings is 1. The van der Waals surface area contributed by atoms with Gasteiger partial charge in [-0.15, -0.1) is 0 Å². The number of ether oxygens (including phenoxy) is 4. The normalized spacial score (nSPS) is 16.6. The molecule has 256 valence electrons. The van der Waals surface area contributed by atoms with Gasteiger partial charge in [-0.05, 0) is 30.8 Å². The predicted octanol–water partition coefficient (Wildman–Crippen LogP) is 3.64. The largest absolute Gasteiger partial charge is 0.471 e. The number of likely N-dealkylation sites (N-methyl/N-ethyl adjacent to an activating group) is 1. The summed E-state index contributed by atoms with van der Waals surface area (Å²) >= 11 is 0. The molecule has 49 heavy (non-hydrogen) atoms. The number of anilines is 1. The van der Waals surface area contributed by atoms with Gasteiger partial charge in [-0.25, -0.2) is 9.97 Å².